The van der Waals surface area contributed by atoms with Crippen LogP contribution in [0.4, 0.5) is 0 Å². The lowest BCUT2D eigenvalue weighted by molar-refractivity contribution is 0.0465. The van der Waals surface area contributed by atoms with Gasteiger partial charge < -0.3 is 9.14 Å². The summed E-state index contributed by atoms with van der Waals surface area (Å²) in [5.41, 5.74) is 2.24. The molecule has 0 aliphatic carbocycles. The van der Waals surface area contributed by atoms with Crippen LogP contribution in [0.1, 0.15) is 26.9 Å². The molecule has 0 aliphatic rings. The van der Waals surface area contributed by atoms with E-state index in [4.69, 9.17) is 4.74 Å². The van der Waals surface area contributed by atoms with Crippen LogP contribution in [0.25, 0.3) is 10.6 Å². The van der Waals surface area contributed by atoms with Crippen molar-refractivity contribution in [1.29, 1.82) is 0 Å². The van der Waals surface area contributed by atoms with Gasteiger partial charge in [-0.15, -0.1) is 0 Å². The highest BCUT2D eigenvalue weighted by molar-refractivity contribution is 7.16. The molecule has 0 aromatic carbocycles. The monoisotopic (exact) mass is 355 g/mol. The molecular formula is C16H13N5O3S. The fourth-order valence-corrected chi connectivity index (χ4v) is 3.32. The lowest BCUT2D eigenvalue weighted by atomic mass is 10.4. The molecule has 4 rings (SSSR count). The summed E-state index contributed by atoms with van der Waals surface area (Å²) in [6.45, 7) is 3.63. The average Bonchev–Trinajstić information content (AvgIpc) is 3.17. The second kappa shape index (κ2) is 5.78. The minimum Gasteiger partial charge on any atom is -0.453 e. The summed E-state index contributed by atoms with van der Waals surface area (Å²) in [5.74, 6) is -0.543. The minimum atomic E-state index is -0.543. The largest absolute Gasteiger partial charge is 0.453 e. The number of fused-ring (bicyclic) bond motifs is 2. The van der Waals surface area contributed by atoms with Gasteiger partial charge in [0, 0.05) is 23.7 Å². The molecule has 0 radical (unpaired) electrons. The van der Waals surface area contributed by atoms with Crippen molar-refractivity contribution in [2.24, 2.45) is 0 Å². The van der Waals surface area contributed by atoms with Crippen LogP contribution in [0.5, 0.6) is 0 Å². The molecule has 0 saturated carbocycles. The van der Waals surface area contributed by atoms with Crippen LogP contribution >= 0.6 is 11.3 Å². The zero-order valence-corrected chi connectivity index (χ0v) is 14.3. The number of rotatable bonds is 3. The quantitative estimate of drug-likeness (QED) is 0.520. The van der Waals surface area contributed by atoms with E-state index in [1.807, 2.05) is 29.5 Å². The van der Waals surface area contributed by atoms with Gasteiger partial charge in [-0.05, 0) is 26.0 Å². The first-order valence-electron chi connectivity index (χ1n) is 7.49. The van der Waals surface area contributed by atoms with E-state index in [1.165, 1.54) is 21.9 Å². The second-order valence-electron chi connectivity index (χ2n) is 5.52. The molecule has 0 aliphatic heterocycles. The molecule has 0 bridgehead atoms. The Balaban J connectivity index is 1.56. The zero-order chi connectivity index (χ0) is 17.6. The van der Waals surface area contributed by atoms with E-state index in [2.05, 4.69) is 15.1 Å². The van der Waals surface area contributed by atoms with Crippen molar-refractivity contribution < 1.29 is 9.53 Å². The summed E-state index contributed by atoms with van der Waals surface area (Å²) >= 11 is 1.21. The summed E-state index contributed by atoms with van der Waals surface area (Å²) in [6.07, 6.45) is 1.64. The number of hydrogen-bond donors (Lipinski definition) is 0. The molecule has 0 N–H and O–H groups in total. The van der Waals surface area contributed by atoms with Gasteiger partial charge in [0.05, 0.1) is 0 Å². The molecular weight excluding hydrogens is 342 g/mol. The van der Waals surface area contributed by atoms with E-state index in [0.29, 0.717) is 21.3 Å². The standard InChI is InChI=1S/C16H13N5O3S/c1-9-6-14(22)21-16(17-9)25-13(19-21)8-24-15(23)11-7-20-10(2)4-3-5-12(20)18-11/h3-7H,8H2,1-2H3. The number of ether oxygens (including phenoxy) is 1. The fraction of sp³-hybridized carbons (Fsp3) is 0.188. The molecule has 0 amide bonds. The van der Waals surface area contributed by atoms with E-state index in [9.17, 15) is 9.59 Å². The Hall–Kier alpha value is -3.07. The minimum absolute atomic E-state index is 0.0435. The Morgan fingerprint density at radius 3 is 2.92 bits per heavy atom. The van der Waals surface area contributed by atoms with Gasteiger partial charge in [0.15, 0.2) is 10.7 Å². The number of hydrogen-bond acceptors (Lipinski definition) is 7. The molecule has 126 valence electrons. The van der Waals surface area contributed by atoms with Gasteiger partial charge in [-0.3, -0.25) is 4.79 Å². The molecule has 9 heteroatoms. The third kappa shape index (κ3) is 2.78. The third-order valence-electron chi connectivity index (χ3n) is 3.65. The summed E-state index contributed by atoms with van der Waals surface area (Å²) in [5, 5.41) is 4.62. The molecule has 0 fully saturated rings. The van der Waals surface area contributed by atoms with Crippen molar-refractivity contribution >= 4 is 27.9 Å². The van der Waals surface area contributed by atoms with Gasteiger partial charge in [-0.2, -0.15) is 9.61 Å². The SMILES string of the molecule is Cc1cc(=O)n2nc(COC(=O)c3cn4c(C)cccc4n3)sc2n1. The average molecular weight is 355 g/mol. The van der Waals surface area contributed by atoms with E-state index in [0.717, 1.165) is 5.69 Å². The smallest absolute Gasteiger partial charge is 0.358 e. The molecule has 4 aromatic rings. The van der Waals surface area contributed by atoms with E-state index in [-0.39, 0.29) is 17.9 Å². The summed E-state index contributed by atoms with van der Waals surface area (Å²) < 4.78 is 8.30. The Morgan fingerprint density at radius 1 is 1.28 bits per heavy atom. The van der Waals surface area contributed by atoms with Crippen LogP contribution in [0.15, 0.2) is 35.3 Å². The Bertz CT molecular complexity index is 1170. The number of aromatic nitrogens is 5. The first-order chi connectivity index (χ1) is 12.0. The molecule has 25 heavy (non-hydrogen) atoms. The van der Waals surface area contributed by atoms with Crippen molar-refractivity contribution in [3.05, 3.63) is 62.9 Å². The number of carbonyl (C=O) groups is 1. The number of nitrogens with zero attached hydrogens (tertiary/aromatic N) is 5. The number of aryl methyl sites for hydroxylation is 2. The molecule has 8 nitrogen and oxygen atoms in total. The van der Waals surface area contributed by atoms with Crippen LogP contribution in [0.2, 0.25) is 0 Å². The lowest BCUT2D eigenvalue weighted by Crippen LogP contribution is -2.14. The maximum Gasteiger partial charge on any atom is 0.358 e. The van der Waals surface area contributed by atoms with Gasteiger partial charge in [-0.25, -0.2) is 14.8 Å². The van der Waals surface area contributed by atoms with Crippen molar-refractivity contribution in [2.45, 2.75) is 20.5 Å². The predicted molar refractivity (Wildman–Crippen MR) is 90.9 cm³/mol. The van der Waals surface area contributed by atoms with E-state index >= 15 is 0 Å². The van der Waals surface area contributed by atoms with Crippen LogP contribution in [0, 0.1) is 13.8 Å². The van der Waals surface area contributed by atoms with Gasteiger partial charge in [0.2, 0.25) is 4.96 Å². The topological polar surface area (TPSA) is 90.9 Å². The van der Waals surface area contributed by atoms with Gasteiger partial charge in [0.1, 0.15) is 12.3 Å². The summed E-state index contributed by atoms with van der Waals surface area (Å²) in [6, 6.07) is 7.03. The van der Waals surface area contributed by atoms with Gasteiger partial charge >= 0.3 is 5.97 Å². The Morgan fingerprint density at radius 2 is 2.12 bits per heavy atom. The van der Waals surface area contributed by atoms with Gasteiger partial charge in [0.25, 0.3) is 5.56 Å². The summed E-state index contributed by atoms with van der Waals surface area (Å²) in [4.78, 5) is 33.1. The normalized spacial score (nSPS) is 11.3. The first-order valence-corrected chi connectivity index (χ1v) is 8.31. The van der Waals surface area contributed by atoms with Crippen molar-refractivity contribution in [2.75, 3.05) is 0 Å². The third-order valence-corrected chi connectivity index (χ3v) is 4.53. The zero-order valence-electron chi connectivity index (χ0n) is 13.5. The van der Waals surface area contributed by atoms with Crippen molar-refractivity contribution in [3.63, 3.8) is 0 Å². The molecule has 0 unspecified atom stereocenters. The maximum absolute atomic E-state index is 12.2. The fourth-order valence-electron chi connectivity index (χ4n) is 2.47. The van der Waals surface area contributed by atoms with E-state index < -0.39 is 5.97 Å². The molecule has 0 saturated heterocycles. The van der Waals surface area contributed by atoms with Crippen molar-refractivity contribution in [3.8, 4) is 0 Å². The number of esters is 1. The lowest BCUT2D eigenvalue weighted by Gasteiger charge is -1.98. The van der Waals surface area contributed by atoms with Crippen molar-refractivity contribution in [1.82, 2.24) is 24.0 Å². The highest BCUT2D eigenvalue weighted by atomic mass is 32.1. The number of pyridine rings is 1. The number of imidazole rings is 1. The van der Waals surface area contributed by atoms with Crippen LogP contribution < -0.4 is 5.56 Å². The van der Waals surface area contributed by atoms with Crippen LogP contribution in [0.3, 0.4) is 0 Å². The molecule has 4 aromatic heterocycles. The molecule has 4 heterocycles. The van der Waals surface area contributed by atoms with Crippen LogP contribution in [-0.2, 0) is 11.3 Å². The predicted octanol–water partition coefficient (Wildman–Crippen LogP) is 1.77. The summed E-state index contributed by atoms with van der Waals surface area (Å²) in [7, 11) is 0. The van der Waals surface area contributed by atoms with E-state index in [1.54, 1.807) is 13.1 Å². The Kier molecular flexibility index (Phi) is 3.57. The Labute approximate surface area is 145 Å². The highest BCUT2D eigenvalue weighted by Crippen LogP contribution is 2.14. The molecule has 0 atom stereocenters. The van der Waals surface area contributed by atoms with Gasteiger partial charge in [-0.1, -0.05) is 17.4 Å². The first kappa shape index (κ1) is 15.5. The number of carbonyl (C=O) groups excluding carboxylic acids is 1. The second-order valence-corrected chi connectivity index (χ2v) is 6.56. The van der Waals surface area contributed by atoms with Crippen LogP contribution in [-0.4, -0.2) is 30.0 Å². The molecule has 0 spiro atoms. The maximum atomic E-state index is 12.2. The highest BCUT2D eigenvalue weighted by Gasteiger charge is 2.15.